The minimum atomic E-state index is -0.763. The van der Waals surface area contributed by atoms with Gasteiger partial charge in [0.25, 0.3) is 0 Å². The smallest absolute Gasteiger partial charge is 0.249 e. The molecule has 2 aliphatic rings. The van der Waals surface area contributed by atoms with Crippen LogP contribution >= 0.6 is 0 Å². The summed E-state index contributed by atoms with van der Waals surface area (Å²) in [5.74, 6) is -0.914. The van der Waals surface area contributed by atoms with E-state index in [9.17, 15) is 14.4 Å². The highest BCUT2D eigenvalue weighted by Crippen LogP contribution is 2.24. The predicted octanol–water partition coefficient (Wildman–Crippen LogP) is -0.105. The van der Waals surface area contributed by atoms with Gasteiger partial charge in [-0.1, -0.05) is 0 Å². The summed E-state index contributed by atoms with van der Waals surface area (Å²) in [7, 11) is 0. The van der Waals surface area contributed by atoms with Crippen LogP contribution in [0.4, 0.5) is 0 Å². The lowest BCUT2D eigenvalue weighted by Crippen LogP contribution is -2.52. The van der Waals surface area contributed by atoms with Gasteiger partial charge in [0.1, 0.15) is 17.9 Å². The Hall–Kier alpha value is -1.43. The Labute approximate surface area is 112 Å². The molecule has 1 saturated heterocycles. The number of hydrogen-bond acceptors (Lipinski definition) is 4. The van der Waals surface area contributed by atoms with Gasteiger partial charge in [0.15, 0.2) is 0 Å². The summed E-state index contributed by atoms with van der Waals surface area (Å²) in [6.45, 7) is 0.571. The largest absolute Gasteiger partial charge is 0.368 e. The molecule has 0 radical (unpaired) electrons. The number of nitrogens with one attached hydrogen (secondary N) is 1. The van der Waals surface area contributed by atoms with Crippen LogP contribution < -0.4 is 11.1 Å². The van der Waals surface area contributed by atoms with E-state index in [4.69, 9.17) is 10.5 Å². The molecule has 2 amide bonds. The summed E-state index contributed by atoms with van der Waals surface area (Å²) in [4.78, 5) is 34.9. The maximum absolute atomic E-state index is 12.0. The van der Waals surface area contributed by atoms with Crippen LogP contribution in [0.3, 0.4) is 0 Å². The Morgan fingerprint density at radius 1 is 1.32 bits per heavy atom. The molecule has 2 rings (SSSR count). The molecule has 6 heteroatoms. The molecule has 1 aliphatic carbocycles. The standard InChI is InChI=1S/C13H20N2O4/c14-12(17)11(8-3-1-4-9(16)7-8)15-13(18)10-5-2-6-19-10/h8,10-11H,1-7H2,(H2,14,17)(H,15,18)/t8-,10-,11-/m0/s1. The second-order valence-corrected chi connectivity index (χ2v) is 5.29. The van der Waals surface area contributed by atoms with E-state index in [2.05, 4.69) is 5.32 Å². The number of carbonyl (C=O) groups is 3. The number of ether oxygens (including phenoxy) is 1. The van der Waals surface area contributed by atoms with Crippen molar-refractivity contribution >= 4 is 17.6 Å². The number of Topliss-reactive ketones (excluding diaryl/α,β-unsaturated/α-hetero) is 1. The average molecular weight is 268 g/mol. The van der Waals surface area contributed by atoms with E-state index in [1.54, 1.807) is 0 Å². The van der Waals surface area contributed by atoms with Gasteiger partial charge in [-0.15, -0.1) is 0 Å². The SMILES string of the molecule is NC(=O)[C@@H](NC(=O)[C@@H]1CCCO1)[C@H]1CCCC(=O)C1. The monoisotopic (exact) mass is 268 g/mol. The molecule has 1 saturated carbocycles. The molecule has 0 spiro atoms. The molecule has 3 atom stereocenters. The van der Waals surface area contributed by atoms with Crippen molar-refractivity contribution in [3.05, 3.63) is 0 Å². The minimum Gasteiger partial charge on any atom is -0.368 e. The van der Waals surface area contributed by atoms with E-state index < -0.39 is 18.1 Å². The number of carbonyl (C=O) groups excluding carboxylic acids is 3. The van der Waals surface area contributed by atoms with Crippen molar-refractivity contribution in [3.8, 4) is 0 Å². The van der Waals surface area contributed by atoms with Crippen LogP contribution in [0.2, 0.25) is 0 Å². The fraction of sp³-hybridized carbons (Fsp3) is 0.769. The van der Waals surface area contributed by atoms with Crippen molar-refractivity contribution < 1.29 is 19.1 Å². The molecule has 1 aliphatic heterocycles. The van der Waals surface area contributed by atoms with Crippen molar-refractivity contribution in [2.75, 3.05) is 6.61 Å². The quantitative estimate of drug-likeness (QED) is 0.743. The third kappa shape index (κ3) is 3.53. The van der Waals surface area contributed by atoms with Gasteiger partial charge in [-0.25, -0.2) is 0 Å². The number of ketones is 1. The summed E-state index contributed by atoms with van der Waals surface area (Å²) in [6.07, 6.45) is 3.40. The highest BCUT2D eigenvalue weighted by atomic mass is 16.5. The summed E-state index contributed by atoms with van der Waals surface area (Å²) in [5.41, 5.74) is 5.35. The highest BCUT2D eigenvalue weighted by molar-refractivity contribution is 5.89. The first-order valence-electron chi connectivity index (χ1n) is 6.81. The van der Waals surface area contributed by atoms with Crippen molar-refractivity contribution in [1.29, 1.82) is 0 Å². The maximum Gasteiger partial charge on any atom is 0.249 e. The van der Waals surface area contributed by atoms with Gasteiger partial charge in [0.2, 0.25) is 11.8 Å². The van der Waals surface area contributed by atoms with Gasteiger partial charge in [0, 0.05) is 19.4 Å². The van der Waals surface area contributed by atoms with Crippen LogP contribution in [0.15, 0.2) is 0 Å². The Morgan fingerprint density at radius 3 is 2.68 bits per heavy atom. The van der Waals surface area contributed by atoms with E-state index in [1.807, 2.05) is 0 Å². The number of rotatable bonds is 4. The molecular weight excluding hydrogens is 248 g/mol. The molecule has 0 aromatic heterocycles. The van der Waals surface area contributed by atoms with Crippen molar-refractivity contribution in [2.45, 2.75) is 50.7 Å². The minimum absolute atomic E-state index is 0.133. The van der Waals surface area contributed by atoms with Crippen molar-refractivity contribution in [1.82, 2.24) is 5.32 Å². The molecule has 0 unspecified atom stereocenters. The molecule has 106 valence electrons. The topological polar surface area (TPSA) is 98.5 Å². The lowest BCUT2D eigenvalue weighted by atomic mass is 9.82. The number of nitrogens with two attached hydrogens (primary N) is 1. The number of hydrogen-bond donors (Lipinski definition) is 2. The average Bonchev–Trinajstić information content (AvgIpc) is 2.89. The van der Waals surface area contributed by atoms with Crippen LogP contribution in [0, 0.1) is 5.92 Å². The first-order chi connectivity index (χ1) is 9.08. The van der Waals surface area contributed by atoms with Gasteiger partial charge in [0.05, 0.1) is 0 Å². The highest BCUT2D eigenvalue weighted by Gasteiger charge is 2.34. The maximum atomic E-state index is 12.0. The zero-order valence-electron chi connectivity index (χ0n) is 10.9. The van der Waals surface area contributed by atoms with Gasteiger partial charge in [-0.2, -0.15) is 0 Å². The zero-order chi connectivity index (χ0) is 13.8. The molecule has 1 heterocycles. The molecule has 0 aromatic rings. The molecule has 2 fully saturated rings. The van der Waals surface area contributed by atoms with Gasteiger partial charge < -0.3 is 15.8 Å². The molecule has 19 heavy (non-hydrogen) atoms. The van der Waals surface area contributed by atoms with Gasteiger partial charge >= 0.3 is 0 Å². The normalized spacial score (nSPS) is 28.9. The van der Waals surface area contributed by atoms with Crippen LogP contribution in [-0.2, 0) is 19.1 Å². The summed E-state index contributed by atoms with van der Waals surface area (Å²) in [6, 6.07) is -0.763. The van der Waals surface area contributed by atoms with E-state index in [-0.39, 0.29) is 17.6 Å². The third-order valence-corrected chi connectivity index (χ3v) is 3.82. The Balaban J connectivity index is 1.97. The number of primary amides is 1. The Morgan fingerprint density at radius 2 is 2.11 bits per heavy atom. The van der Waals surface area contributed by atoms with Crippen LogP contribution in [0.5, 0.6) is 0 Å². The summed E-state index contributed by atoms with van der Waals surface area (Å²) < 4.78 is 5.27. The predicted molar refractivity (Wildman–Crippen MR) is 67.1 cm³/mol. The summed E-state index contributed by atoms with van der Waals surface area (Å²) >= 11 is 0. The molecular formula is C13H20N2O4. The molecule has 3 N–H and O–H groups in total. The van der Waals surface area contributed by atoms with Crippen LogP contribution in [0.25, 0.3) is 0 Å². The van der Waals surface area contributed by atoms with Crippen molar-refractivity contribution in [2.24, 2.45) is 11.7 Å². The van der Waals surface area contributed by atoms with E-state index in [1.165, 1.54) is 0 Å². The lowest BCUT2D eigenvalue weighted by molar-refractivity contribution is -0.135. The summed E-state index contributed by atoms with van der Waals surface area (Å²) in [5, 5.41) is 2.66. The second kappa shape index (κ2) is 6.14. The fourth-order valence-corrected chi connectivity index (χ4v) is 2.79. The van der Waals surface area contributed by atoms with Crippen LogP contribution in [-0.4, -0.2) is 36.4 Å². The Bertz CT molecular complexity index is 377. The van der Waals surface area contributed by atoms with E-state index in [0.29, 0.717) is 25.9 Å². The van der Waals surface area contributed by atoms with E-state index in [0.717, 1.165) is 19.3 Å². The molecule has 0 bridgehead atoms. The van der Waals surface area contributed by atoms with Crippen molar-refractivity contribution in [3.63, 3.8) is 0 Å². The molecule has 6 nitrogen and oxygen atoms in total. The zero-order valence-corrected chi connectivity index (χ0v) is 10.9. The number of amides is 2. The molecule has 0 aromatic carbocycles. The van der Waals surface area contributed by atoms with Gasteiger partial charge in [-0.05, 0) is 31.6 Å². The van der Waals surface area contributed by atoms with E-state index >= 15 is 0 Å². The lowest BCUT2D eigenvalue weighted by Gasteiger charge is -2.28. The van der Waals surface area contributed by atoms with Gasteiger partial charge in [-0.3, -0.25) is 14.4 Å². The first-order valence-corrected chi connectivity index (χ1v) is 6.81. The third-order valence-electron chi connectivity index (χ3n) is 3.82. The first kappa shape index (κ1) is 14.0. The second-order valence-electron chi connectivity index (χ2n) is 5.29. The van der Waals surface area contributed by atoms with Crippen LogP contribution in [0.1, 0.15) is 38.5 Å². The fourth-order valence-electron chi connectivity index (χ4n) is 2.79. The Kier molecular flexibility index (Phi) is 4.52.